The van der Waals surface area contributed by atoms with E-state index in [9.17, 15) is 0 Å². The molecule has 0 bridgehead atoms. The van der Waals surface area contributed by atoms with Gasteiger partial charge in [-0.1, -0.05) is 45.3 Å². The average Bonchev–Trinajstić information content (AvgIpc) is 2.97. The first-order valence-corrected chi connectivity index (χ1v) is 9.02. The van der Waals surface area contributed by atoms with Crippen molar-refractivity contribution in [2.45, 2.75) is 43.7 Å². The monoisotopic (exact) mass is 308 g/mol. The van der Waals surface area contributed by atoms with Gasteiger partial charge in [0.15, 0.2) is 6.29 Å². The quantitative estimate of drug-likeness (QED) is 0.783. The molecule has 0 radical (unpaired) electrons. The maximum absolute atomic E-state index is 6.14. The summed E-state index contributed by atoms with van der Waals surface area (Å²) in [6.07, 6.45) is 4.96. The van der Waals surface area contributed by atoms with Crippen LogP contribution in [-0.4, -0.2) is 38.4 Å². The molecule has 1 aliphatic carbocycles. The maximum Gasteiger partial charge on any atom is 0.161 e. The summed E-state index contributed by atoms with van der Waals surface area (Å²) >= 11 is 0. The second-order valence-corrected chi connectivity index (χ2v) is 7.56. The third kappa shape index (κ3) is 4.04. The number of rotatable bonds is 5. The molecule has 2 fully saturated rings. The van der Waals surface area contributed by atoms with Crippen molar-refractivity contribution in [3.05, 3.63) is 30.3 Å². The van der Waals surface area contributed by atoms with Crippen molar-refractivity contribution in [1.29, 1.82) is 0 Å². The van der Waals surface area contributed by atoms with E-state index in [1.54, 1.807) is 7.11 Å². The fourth-order valence-electron chi connectivity index (χ4n) is 3.39. The highest BCUT2D eigenvalue weighted by Crippen LogP contribution is 2.42. The fraction of sp³-hybridized carbons (Fsp3) is 0.647. The number of benzene rings is 1. The summed E-state index contributed by atoms with van der Waals surface area (Å²) in [6, 6.07) is 10.8. The van der Waals surface area contributed by atoms with Gasteiger partial charge in [0, 0.05) is 13.0 Å². The van der Waals surface area contributed by atoms with Crippen molar-refractivity contribution in [3.8, 4) is 0 Å². The van der Waals surface area contributed by atoms with E-state index in [1.165, 1.54) is 24.6 Å². The molecule has 2 aliphatic rings. The van der Waals surface area contributed by atoms with Gasteiger partial charge in [0.1, 0.15) is 0 Å². The van der Waals surface area contributed by atoms with Gasteiger partial charge < -0.3 is 14.2 Å². The zero-order valence-electron chi connectivity index (χ0n) is 12.7. The lowest BCUT2D eigenvalue weighted by Gasteiger charge is -2.35. The minimum absolute atomic E-state index is 0.0254. The van der Waals surface area contributed by atoms with Crippen molar-refractivity contribution < 1.29 is 14.2 Å². The van der Waals surface area contributed by atoms with E-state index in [-0.39, 0.29) is 12.4 Å². The summed E-state index contributed by atoms with van der Waals surface area (Å²) in [4.78, 5) is 0. The Labute approximate surface area is 129 Å². The predicted molar refractivity (Wildman–Crippen MR) is 86.6 cm³/mol. The van der Waals surface area contributed by atoms with Gasteiger partial charge in [-0.2, -0.15) is 0 Å². The first-order chi connectivity index (χ1) is 10.4. The van der Waals surface area contributed by atoms with Crippen LogP contribution in [0.4, 0.5) is 0 Å². The van der Waals surface area contributed by atoms with E-state index in [2.05, 4.69) is 30.3 Å². The topological polar surface area (TPSA) is 27.7 Å². The Morgan fingerprint density at radius 1 is 1.19 bits per heavy atom. The average molecular weight is 308 g/mol. The van der Waals surface area contributed by atoms with Crippen molar-refractivity contribution in [2.75, 3.05) is 20.3 Å². The Balaban J connectivity index is 1.61. The number of ether oxygens (including phenoxy) is 3. The highest BCUT2D eigenvalue weighted by Gasteiger charge is 2.38. The molecule has 3 nitrogen and oxygen atoms in total. The minimum Gasteiger partial charge on any atom is -0.382 e. The molecule has 0 amide bonds. The second kappa shape index (κ2) is 7.69. The van der Waals surface area contributed by atoms with Crippen molar-refractivity contribution in [1.82, 2.24) is 0 Å². The summed E-state index contributed by atoms with van der Waals surface area (Å²) in [7, 11) is 2.60. The number of hydrogen-bond donors (Lipinski definition) is 0. The Kier molecular flexibility index (Phi) is 5.65. The van der Waals surface area contributed by atoms with Gasteiger partial charge in [-0.15, -0.1) is 0 Å². The van der Waals surface area contributed by atoms with Gasteiger partial charge in [0.05, 0.1) is 19.3 Å². The smallest absolute Gasteiger partial charge is 0.161 e. The molecule has 116 valence electrons. The lowest BCUT2D eigenvalue weighted by molar-refractivity contribution is -0.241. The fourth-order valence-corrected chi connectivity index (χ4v) is 5.09. The summed E-state index contributed by atoms with van der Waals surface area (Å²) < 4.78 is 17.3. The predicted octanol–water partition coefficient (Wildman–Crippen LogP) is 2.94. The lowest BCUT2D eigenvalue weighted by atomic mass is 10.1. The zero-order chi connectivity index (χ0) is 14.5. The Morgan fingerprint density at radius 3 is 2.86 bits per heavy atom. The molecule has 4 heteroatoms. The van der Waals surface area contributed by atoms with E-state index in [4.69, 9.17) is 14.2 Å². The van der Waals surface area contributed by atoms with Crippen LogP contribution < -0.4 is 5.30 Å². The van der Waals surface area contributed by atoms with Crippen LogP contribution >= 0.6 is 8.58 Å². The highest BCUT2D eigenvalue weighted by molar-refractivity contribution is 7.48. The van der Waals surface area contributed by atoms with Crippen molar-refractivity contribution in [2.24, 2.45) is 5.92 Å². The Hall–Kier alpha value is -0.470. The molecule has 5 atom stereocenters. The van der Waals surface area contributed by atoms with Gasteiger partial charge >= 0.3 is 0 Å². The van der Waals surface area contributed by atoms with Crippen LogP contribution in [-0.2, 0) is 14.2 Å². The van der Waals surface area contributed by atoms with Gasteiger partial charge in [-0.25, -0.2) is 0 Å². The lowest BCUT2D eigenvalue weighted by Crippen LogP contribution is -2.41. The van der Waals surface area contributed by atoms with Crippen molar-refractivity contribution >= 4 is 13.9 Å². The van der Waals surface area contributed by atoms with Gasteiger partial charge in [-0.3, -0.25) is 0 Å². The molecular weight excluding hydrogens is 283 g/mol. The largest absolute Gasteiger partial charge is 0.382 e. The van der Waals surface area contributed by atoms with Crippen LogP contribution in [0, 0.1) is 5.92 Å². The van der Waals surface area contributed by atoms with Gasteiger partial charge in [0.2, 0.25) is 0 Å². The van der Waals surface area contributed by atoms with Crippen LogP contribution in [0.2, 0.25) is 0 Å². The molecule has 3 unspecified atom stereocenters. The Bertz CT molecular complexity index is 423. The van der Waals surface area contributed by atoms with Crippen LogP contribution in [0.5, 0.6) is 0 Å². The van der Waals surface area contributed by atoms with Crippen molar-refractivity contribution in [3.63, 3.8) is 0 Å². The standard InChI is InChI=1S/C17H25O3P/c1-18-12-13-10-11-19-17(20-13)15-8-5-9-16(15)21-14-6-3-2-4-7-14/h2-4,6-7,13,15-17,21H,5,8-12H2,1H3/t13-,15+,16?,17?/m0/s1. The van der Waals surface area contributed by atoms with E-state index in [1.807, 2.05) is 0 Å². The molecule has 1 heterocycles. The summed E-state index contributed by atoms with van der Waals surface area (Å²) in [5.74, 6) is 0.545. The summed E-state index contributed by atoms with van der Waals surface area (Å²) in [5, 5.41) is 1.46. The van der Waals surface area contributed by atoms with E-state index in [0.29, 0.717) is 18.2 Å². The normalized spacial score (nSPS) is 33.8. The van der Waals surface area contributed by atoms with Gasteiger partial charge in [0.25, 0.3) is 0 Å². The second-order valence-electron chi connectivity index (χ2n) is 5.95. The molecule has 0 N–H and O–H groups in total. The van der Waals surface area contributed by atoms with E-state index in [0.717, 1.165) is 21.6 Å². The highest BCUT2D eigenvalue weighted by atomic mass is 31.1. The zero-order valence-corrected chi connectivity index (χ0v) is 13.7. The molecule has 1 saturated carbocycles. The first kappa shape index (κ1) is 15.4. The van der Waals surface area contributed by atoms with Crippen LogP contribution in [0.15, 0.2) is 30.3 Å². The van der Waals surface area contributed by atoms with Crippen LogP contribution in [0.3, 0.4) is 0 Å². The molecule has 1 aromatic carbocycles. The van der Waals surface area contributed by atoms with Crippen LogP contribution in [0.1, 0.15) is 25.7 Å². The summed E-state index contributed by atoms with van der Waals surface area (Å²) in [5.41, 5.74) is 0.707. The first-order valence-electron chi connectivity index (χ1n) is 7.94. The molecule has 3 rings (SSSR count). The maximum atomic E-state index is 6.14. The third-order valence-electron chi connectivity index (χ3n) is 4.45. The molecule has 1 aromatic rings. The minimum atomic E-state index is -0.0254. The molecule has 21 heavy (non-hydrogen) atoms. The molecule has 1 saturated heterocycles. The summed E-state index contributed by atoms with van der Waals surface area (Å²) in [6.45, 7) is 1.48. The molecule has 1 aliphatic heterocycles. The SMILES string of the molecule is COC[C@@H]1CCOC([C@@H]2CCCC2Pc2ccccc2)O1. The molecule has 0 spiro atoms. The number of methoxy groups -OCH3 is 1. The number of hydrogen-bond acceptors (Lipinski definition) is 3. The molecule has 0 aromatic heterocycles. The molecular formula is C17H25O3P. The Morgan fingerprint density at radius 2 is 2.05 bits per heavy atom. The van der Waals surface area contributed by atoms with Crippen LogP contribution in [0.25, 0.3) is 0 Å². The van der Waals surface area contributed by atoms with E-state index >= 15 is 0 Å². The third-order valence-corrected chi connectivity index (χ3v) is 6.20. The van der Waals surface area contributed by atoms with Gasteiger partial charge in [-0.05, 0) is 30.2 Å². The van der Waals surface area contributed by atoms with E-state index < -0.39 is 0 Å².